The zero-order valence-electron chi connectivity index (χ0n) is 20.8. The Labute approximate surface area is 214 Å². The molecule has 9 N–H and O–H groups in total. The number of aromatic amines is 1. The van der Waals surface area contributed by atoms with Gasteiger partial charge in [0.1, 0.15) is 18.1 Å². The Hall–Kier alpha value is -3.13. The number of H-pyrrole nitrogens is 1. The second kappa shape index (κ2) is 15.8. The molecule has 0 bridgehead atoms. The molecule has 0 saturated carbocycles. The van der Waals surface area contributed by atoms with Crippen LogP contribution < -0.4 is 27.4 Å². The molecule has 5 atom stereocenters. The molecule has 5 unspecified atom stereocenters. The minimum absolute atomic E-state index is 0.00447. The fourth-order valence-electron chi connectivity index (χ4n) is 3.25. The van der Waals surface area contributed by atoms with E-state index in [0.29, 0.717) is 17.9 Å². The third-order valence-corrected chi connectivity index (χ3v) is 6.31. The van der Waals surface area contributed by atoms with Crippen molar-refractivity contribution in [1.82, 2.24) is 25.9 Å². The third kappa shape index (κ3) is 10.6. The van der Waals surface area contributed by atoms with Crippen molar-refractivity contribution in [3.63, 3.8) is 0 Å². The van der Waals surface area contributed by atoms with Crippen LogP contribution in [0.25, 0.3) is 0 Å². The first-order valence-corrected chi connectivity index (χ1v) is 13.0. The largest absolute Gasteiger partial charge is 0.480 e. The molecule has 0 aromatic carbocycles. The van der Waals surface area contributed by atoms with Crippen LogP contribution in [0.3, 0.4) is 0 Å². The van der Waals surface area contributed by atoms with Crippen LogP contribution in [0.1, 0.15) is 45.2 Å². The van der Waals surface area contributed by atoms with Crippen molar-refractivity contribution < 1.29 is 29.1 Å². The number of nitrogens with two attached hydrogens (primary N) is 2. The topological polar surface area (TPSA) is 222 Å². The number of nitrogens with one attached hydrogen (secondary N) is 4. The van der Waals surface area contributed by atoms with E-state index in [4.69, 9.17) is 11.5 Å². The average molecular weight is 528 g/mol. The number of thioether (sulfide) groups is 1. The van der Waals surface area contributed by atoms with Crippen molar-refractivity contribution in [2.45, 2.75) is 70.1 Å². The van der Waals surface area contributed by atoms with E-state index in [1.165, 1.54) is 24.3 Å². The lowest BCUT2D eigenvalue weighted by atomic mass is 9.98. The van der Waals surface area contributed by atoms with Crippen molar-refractivity contribution in [2.75, 3.05) is 12.0 Å². The van der Waals surface area contributed by atoms with Gasteiger partial charge in [0.25, 0.3) is 0 Å². The van der Waals surface area contributed by atoms with Crippen molar-refractivity contribution >= 4 is 41.4 Å². The molecule has 0 radical (unpaired) electrons. The Bertz CT molecular complexity index is 882. The lowest BCUT2D eigenvalue weighted by Crippen LogP contribution is -2.58. The van der Waals surface area contributed by atoms with E-state index in [9.17, 15) is 29.1 Å². The summed E-state index contributed by atoms with van der Waals surface area (Å²) in [7, 11) is 0. The predicted molar refractivity (Wildman–Crippen MR) is 135 cm³/mol. The molecule has 13 nitrogen and oxygen atoms in total. The zero-order valence-corrected chi connectivity index (χ0v) is 21.6. The number of primary amides is 1. The molecule has 4 amide bonds. The SMILES string of the molecule is CCC(C)C(NC(=O)C(CCSC)NC(=O)C(Cc1cnc[nH]1)NC(=O)C(N)CCC(N)=O)C(=O)O. The molecule has 0 aliphatic rings. The molecule has 1 aromatic rings. The Morgan fingerprint density at radius 2 is 1.72 bits per heavy atom. The Morgan fingerprint density at radius 3 is 2.25 bits per heavy atom. The van der Waals surface area contributed by atoms with Gasteiger partial charge < -0.3 is 37.5 Å². The fraction of sp³-hybridized carbons (Fsp3) is 0.636. The maximum Gasteiger partial charge on any atom is 0.326 e. The van der Waals surface area contributed by atoms with Crippen LogP contribution in [-0.2, 0) is 30.4 Å². The maximum absolute atomic E-state index is 13.2. The Morgan fingerprint density at radius 1 is 1.08 bits per heavy atom. The van der Waals surface area contributed by atoms with Gasteiger partial charge in [0, 0.05) is 24.7 Å². The van der Waals surface area contributed by atoms with Crippen LogP contribution in [0.5, 0.6) is 0 Å². The number of nitrogens with zero attached hydrogens (tertiary/aromatic N) is 1. The van der Waals surface area contributed by atoms with E-state index >= 15 is 0 Å². The quantitative estimate of drug-likeness (QED) is 0.130. The number of imidazole rings is 1. The number of hydrogen-bond donors (Lipinski definition) is 7. The number of carbonyl (C=O) groups is 5. The van der Waals surface area contributed by atoms with Gasteiger partial charge in [-0.1, -0.05) is 20.3 Å². The molecule has 0 fully saturated rings. The summed E-state index contributed by atoms with van der Waals surface area (Å²) in [4.78, 5) is 68.2. The summed E-state index contributed by atoms with van der Waals surface area (Å²) in [5.41, 5.74) is 11.5. The van der Waals surface area contributed by atoms with E-state index in [1.807, 2.05) is 13.2 Å². The molecule has 14 heteroatoms. The van der Waals surface area contributed by atoms with E-state index < -0.39 is 53.8 Å². The van der Waals surface area contributed by atoms with Crippen molar-refractivity contribution in [3.05, 3.63) is 18.2 Å². The molecular formula is C22H37N7O6S. The van der Waals surface area contributed by atoms with E-state index in [1.54, 1.807) is 6.92 Å². The number of aromatic nitrogens is 2. The first-order valence-electron chi connectivity index (χ1n) is 11.6. The minimum atomic E-state index is -1.16. The summed E-state index contributed by atoms with van der Waals surface area (Å²) in [5, 5.41) is 17.2. The summed E-state index contributed by atoms with van der Waals surface area (Å²) < 4.78 is 0. The number of carbonyl (C=O) groups excluding carboxylic acids is 4. The first-order chi connectivity index (χ1) is 17.0. The minimum Gasteiger partial charge on any atom is -0.480 e. The van der Waals surface area contributed by atoms with Gasteiger partial charge >= 0.3 is 5.97 Å². The fourth-order valence-corrected chi connectivity index (χ4v) is 3.72. The second-order valence-corrected chi connectivity index (χ2v) is 9.49. The lowest BCUT2D eigenvalue weighted by molar-refractivity contribution is -0.143. The molecule has 0 spiro atoms. The maximum atomic E-state index is 13.2. The standard InChI is InChI=1S/C22H37N7O6S/c1-4-12(2)18(22(34)35)29-20(32)15(7-8-36-3)27-21(33)16(9-13-10-25-11-26-13)28-19(31)14(23)5-6-17(24)30/h10-12,14-16,18H,4-9,23H2,1-3H3,(H2,24,30)(H,25,26)(H,27,33)(H,28,31)(H,29,32)(H,34,35). The summed E-state index contributed by atoms with van der Waals surface area (Å²) in [6.45, 7) is 3.53. The monoisotopic (exact) mass is 527 g/mol. The highest BCUT2D eigenvalue weighted by molar-refractivity contribution is 7.98. The molecule has 0 aliphatic carbocycles. The van der Waals surface area contributed by atoms with Gasteiger partial charge in [-0.2, -0.15) is 11.8 Å². The number of aliphatic carboxylic acids is 1. The molecule has 0 saturated heterocycles. The number of carboxylic acids is 1. The highest BCUT2D eigenvalue weighted by atomic mass is 32.2. The highest BCUT2D eigenvalue weighted by Crippen LogP contribution is 2.10. The average Bonchev–Trinajstić information content (AvgIpc) is 3.35. The van der Waals surface area contributed by atoms with Crippen LogP contribution in [0.15, 0.2) is 12.5 Å². The molecule has 1 heterocycles. The zero-order chi connectivity index (χ0) is 27.3. The summed E-state index contributed by atoms with van der Waals surface area (Å²) in [6, 6.07) is -4.33. The normalized spacial score (nSPS) is 15.1. The lowest BCUT2D eigenvalue weighted by Gasteiger charge is -2.26. The molecule has 202 valence electrons. The van der Waals surface area contributed by atoms with Crippen molar-refractivity contribution in [2.24, 2.45) is 17.4 Å². The van der Waals surface area contributed by atoms with Crippen LogP contribution in [0.4, 0.5) is 0 Å². The van der Waals surface area contributed by atoms with Crippen molar-refractivity contribution in [3.8, 4) is 0 Å². The van der Waals surface area contributed by atoms with Crippen LogP contribution in [0, 0.1) is 5.92 Å². The smallest absolute Gasteiger partial charge is 0.326 e. The summed E-state index contributed by atoms with van der Waals surface area (Å²) in [6.07, 6.45) is 5.46. The van der Waals surface area contributed by atoms with Crippen LogP contribution in [0.2, 0.25) is 0 Å². The Balaban J connectivity index is 3.03. The van der Waals surface area contributed by atoms with Gasteiger partial charge in [-0.15, -0.1) is 0 Å². The molecular weight excluding hydrogens is 490 g/mol. The van der Waals surface area contributed by atoms with Gasteiger partial charge in [-0.25, -0.2) is 9.78 Å². The van der Waals surface area contributed by atoms with Crippen molar-refractivity contribution in [1.29, 1.82) is 0 Å². The van der Waals surface area contributed by atoms with Gasteiger partial charge in [-0.05, 0) is 30.8 Å². The van der Waals surface area contributed by atoms with Crippen LogP contribution in [-0.4, -0.2) is 80.8 Å². The first kappa shape index (κ1) is 30.9. The van der Waals surface area contributed by atoms with Gasteiger partial charge in [-0.3, -0.25) is 19.2 Å². The molecule has 0 aliphatic heterocycles. The molecule has 1 rings (SSSR count). The number of hydrogen-bond acceptors (Lipinski definition) is 8. The number of carboxylic acid groups (broad SMARTS) is 1. The van der Waals surface area contributed by atoms with Gasteiger partial charge in [0.15, 0.2) is 0 Å². The molecule has 36 heavy (non-hydrogen) atoms. The van der Waals surface area contributed by atoms with Gasteiger partial charge in [0.05, 0.1) is 12.4 Å². The van der Waals surface area contributed by atoms with E-state index in [2.05, 4.69) is 25.9 Å². The highest BCUT2D eigenvalue weighted by Gasteiger charge is 2.32. The Kier molecular flexibility index (Phi) is 13.5. The molecule has 1 aromatic heterocycles. The predicted octanol–water partition coefficient (Wildman–Crippen LogP) is -1.12. The second-order valence-electron chi connectivity index (χ2n) is 8.51. The number of amides is 4. The number of rotatable bonds is 17. The third-order valence-electron chi connectivity index (χ3n) is 5.67. The van der Waals surface area contributed by atoms with Crippen LogP contribution >= 0.6 is 11.8 Å². The van der Waals surface area contributed by atoms with E-state index in [0.717, 1.165) is 0 Å². The van der Waals surface area contributed by atoms with E-state index in [-0.39, 0.29) is 31.6 Å². The summed E-state index contributed by atoms with van der Waals surface area (Å²) in [5.74, 6) is -3.52. The summed E-state index contributed by atoms with van der Waals surface area (Å²) >= 11 is 1.46. The van der Waals surface area contributed by atoms with Gasteiger partial charge in [0.2, 0.25) is 23.6 Å².